The molecule has 0 unspecified atom stereocenters. The summed E-state index contributed by atoms with van der Waals surface area (Å²) in [7, 11) is 0. The van der Waals surface area contributed by atoms with E-state index in [1.54, 1.807) is 4.90 Å². The van der Waals surface area contributed by atoms with Crippen LogP contribution in [0.5, 0.6) is 0 Å². The molecule has 0 radical (unpaired) electrons. The van der Waals surface area contributed by atoms with Gasteiger partial charge in [-0.25, -0.2) is 13.2 Å². The average molecular weight is 244 g/mol. The molecule has 0 aromatic heterocycles. The minimum absolute atomic E-state index is 0.156. The molecule has 0 amide bonds. The first-order valence-corrected chi connectivity index (χ1v) is 5.68. The lowest BCUT2D eigenvalue weighted by Gasteiger charge is -2.33. The summed E-state index contributed by atoms with van der Waals surface area (Å²) in [4.78, 5) is 1.78. The minimum atomic E-state index is -0.821. The Morgan fingerprint density at radius 3 is 2.29 bits per heavy atom. The Morgan fingerprint density at radius 2 is 1.76 bits per heavy atom. The van der Waals surface area contributed by atoms with E-state index < -0.39 is 24.4 Å². The third-order valence-electron chi connectivity index (χ3n) is 3.07. The summed E-state index contributed by atoms with van der Waals surface area (Å²) in [5.74, 6) is -1.35. The molecular weight excluding hydrogens is 229 g/mol. The zero-order valence-electron chi connectivity index (χ0n) is 9.43. The summed E-state index contributed by atoms with van der Waals surface area (Å²) in [6, 6.07) is 2.81. The molecule has 1 aromatic carbocycles. The van der Waals surface area contributed by atoms with Gasteiger partial charge in [-0.1, -0.05) is 6.07 Å². The Labute approximate surface area is 98.4 Å². The first-order chi connectivity index (χ1) is 8.24. The summed E-state index contributed by atoms with van der Waals surface area (Å²) in [5, 5.41) is 3.12. The summed E-state index contributed by atoms with van der Waals surface area (Å²) >= 11 is 0. The molecule has 1 aliphatic rings. The third-order valence-corrected chi connectivity index (χ3v) is 3.07. The van der Waals surface area contributed by atoms with E-state index in [1.807, 2.05) is 0 Å². The van der Waals surface area contributed by atoms with Gasteiger partial charge in [-0.3, -0.25) is 4.90 Å². The number of benzene rings is 1. The number of rotatable bonds is 3. The Hall–Kier alpha value is -1.07. The fourth-order valence-electron chi connectivity index (χ4n) is 2.18. The first kappa shape index (κ1) is 12.4. The summed E-state index contributed by atoms with van der Waals surface area (Å²) in [6.07, 6.45) is 0. The Kier molecular flexibility index (Phi) is 4.02. The lowest BCUT2D eigenvalue weighted by Crippen LogP contribution is -2.46. The molecule has 0 saturated carbocycles. The van der Waals surface area contributed by atoms with Crippen molar-refractivity contribution < 1.29 is 13.2 Å². The van der Waals surface area contributed by atoms with Crippen LogP contribution in [0.3, 0.4) is 0 Å². The van der Waals surface area contributed by atoms with Crippen molar-refractivity contribution in [3.63, 3.8) is 0 Å². The van der Waals surface area contributed by atoms with E-state index in [-0.39, 0.29) is 5.56 Å². The largest absolute Gasteiger partial charge is 0.314 e. The van der Waals surface area contributed by atoms with Gasteiger partial charge in [-0.2, -0.15) is 0 Å². The number of alkyl halides is 1. The molecule has 17 heavy (non-hydrogen) atoms. The second-order valence-corrected chi connectivity index (χ2v) is 4.09. The van der Waals surface area contributed by atoms with Crippen molar-refractivity contribution in [3.05, 3.63) is 35.4 Å². The fraction of sp³-hybridized carbons (Fsp3) is 0.500. The average Bonchev–Trinajstić information content (AvgIpc) is 2.35. The van der Waals surface area contributed by atoms with Crippen LogP contribution in [0.4, 0.5) is 13.2 Å². The van der Waals surface area contributed by atoms with Crippen LogP contribution < -0.4 is 5.32 Å². The van der Waals surface area contributed by atoms with Gasteiger partial charge in [-0.05, 0) is 12.1 Å². The van der Waals surface area contributed by atoms with Gasteiger partial charge in [0, 0.05) is 31.7 Å². The van der Waals surface area contributed by atoms with Crippen LogP contribution in [0.15, 0.2) is 18.2 Å². The van der Waals surface area contributed by atoms with Crippen molar-refractivity contribution in [2.24, 2.45) is 0 Å². The smallest absolute Gasteiger partial charge is 0.131 e. The molecular formula is C12H15F3N2. The van der Waals surface area contributed by atoms with E-state index >= 15 is 0 Å². The highest BCUT2D eigenvalue weighted by Gasteiger charge is 2.27. The van der Waals surface area contributed by atoms with Crippen LogP contribution in [0, 0.1) is 11.6 Å². The fourth-order valence-corrected chi connectivity index (χ4v) is 2.18. The van der Waals surface area contributed by atoms with E-state index in [9.17, 15) is 13.2 Å². The van der Waals surface area contributed by atoms with E-state index in [2.05, 4.69) is 5.32 Å². The second kappa shape index (κ2) is 5.51. The highest BCUT2D eigenvalue weighted by Crippen LogP contribution is 2.26. The Bertz CT molecular complexity index is 358. The maximum atomic E-state index is 13.6. The normalized spacial score (nSPS) is 19.2. The molecule has 0 aliphatic carbocycles. The maximum absolute atomic E-state index is 13.6. The van der Waals surface area contributed by atoms with Crippen LogP contribution in [0.25, 0.3) is 0 Å². The first-order valence-electron chi connectivity index (χ1n) is 5.68. The van der Waals surface area contributed by atoms with Crippen LogP contribution in [0.2, 0.25) is 0 Å². The van der Waals surface area contributed by atoms with Crippen molar-refractivity contribution in [2.75, 3.05) is 32.9 Å². The number of piperazine rings is 1. The molecule has 5 heteroatoms. The van der Waals surface area contributed by atoms with Crippen molar-refractivity contribution in [3.8, 4) is 0 Å². The zero-order valence-corrected chi connectivity index (χ0v) is 9.43. The molecule has 0 bridgehead atoms. The number of hydrogen-bond donors (Lipinski definition) is 1. The third kappa shape index (κ3) is 2.61. The van der Waals surface area contributed by atoms with Crippen molar-refractivity contribution in [1.29, 1.82) is 0 Å². The zero-order chi connectivity index (χ0) is 12.3. The molecule has 0 spiro atoms. The Balaban J connectivity index is 2.27. The van der Waals surface area contributed by atoms with Gasteiger partial charge in [0.2, 0.25) is 0 Å². The summed E-state index contributed by atoms with van der Waals surface area (Å²) in [5.41, 5.74) is -0.156. The van der Waals surface area contributed by atoms with Crippen molar-refractivity contribution in [1.82, 2.24) is 10.2 Å². The van der Waals surface area contributed by atoms with Gasteiger partial charge < -0.3 is 5.32 Å². The lowest BCUT2D eigenvalue weighted by atomic mass is 10.0. The van der Waals surface area contributed by atoms with Crippen LogP contribution in [-0.4, -0.2) is 37.8 Å². The molecule has 2 nitrogen and oxygen atoms in total. The van der Waals surface area contributed by atoms with Crippen LogP contribution in [-0.2, 0) is 0 Å². The topological polar surface area (TPSA) is 15.3 Å². The molecule has 2 rings (SSSR count). The van der Waals surface area contributed by atoms with E-state index in [4.69, 9.17) is 0 Å². The molecule has 1 fully saturated rings. The number of nitrogens with one attached hydrogen (secondary N) is 1. The SMILES string of the molecule is FC[C@@H](c1c(F)cccc1F)N1CCNCC1. The molecule has 1 atom stereocenters. The van der Waals surface area contributed by atoms with Gasteiger partial charge in [0.1, 0.15) is 18.3 Å². The van der Waals surface area contributed by atoms with E-state index in [0.717, 1.165) is 0 Å². The lowest BCUT2D eigenvalue weighted by molar-refractivity contribution is 0.141. The van der Waals surface area contributed by atoms with E-state index in [0.29, 0.717) is 26.2 Å². The number of halogens is 3. The summed E-state index contributed by atoms with van der Waals surface area (Å²) in [6.45, 7) is 1.85. The minimum Gasteiger partial charge on any atom is -0.314 e. The highest BCUT2D eigenvalue weighted by atomic mass is 19.1. The molecule has 94 valence electrons. The van der Waals surface area contributed by atoms with Gasteiger partial charge >= 0.3 is 0 Å². The predicted molar refractivity (Wildman–Crippen MR) is 59.5 cm³/mol. The van der Waals surface area contributed by atoms with Crippen LogP contribution >= 0.6 is 0 Å². The monoisotopic (exact) mass is 244 g/mol. The number of hydrogen-bond acceptors (Lipinski definition) is 2. The van der Waals surface area contributed by atoms with Crippen molar-refractivity contribution in [2.45, 2.75) is 6.04 Å². The van der Waals surface area contributed by atoms with Crippen LogP contribution in [0.1, 0.15) is 11.6 Å². The van der Waals surface area contributed by atoms with Crippen molar-refractivity contribution >= 4 is 0 Å². The van der Waals surface area contributed by atoms with Gasteiger partial charge in [0.05, 0.1) is 6.04 Å². The predicted octanol–water partition coefficient (Wildman–Crippen LogP) is 1.88. The number of nitrogens with zero attached hydrogens (tertiary/aromatic N) is 1. The van der Waals surface area contributed by atoms with E-state index in [1.165, 1.54) is 18.2 Å². The maximum Gasteiger partial charge on any atom is 0.131 e. The molecule has 1 aromatic rings. The summed E-state index contributed by atoms with van der Waals surface area (Å²) < 4.78 is 40.3. The standard InChI is InChI=1S/C12H15F3N2/c13-8-11(17-6-4-16-5-7-17)12-9(14)2-1-3-10(12)15/h1-3,11,16H,4-8H2/t11-/m0/s1. The quantitative estimate of drug-likeness (QED) is 0.873. The molecule has 1 heterocycles. The molecule has 1 saturated heterocycles. The highest BCUT2D eigenvalue weighted by molar-refractivity contribution is 5.23. The van der Waals surface area contributed by atoms with Gasteiger partial charge in [0.25, 0.3) is 0 Å². The molecule has 1 aliphatic heterocycles. The van der Waals surface area contributed by atoms with Gasteiger partial charge in [-0.15, -0.1) is 0 Å². The molecule has 1 N–H and O–H groups in total. The Morgan fingerprint density at radius 1 is 1.18 bits per heavy atom. The van der Waals surface area contributed by atoms with Gasteiger partial charge in [0.15, 0.2) is 0 Å². The second-order valence-electron chi connectivity index (χ2n) is 4.09.